The van der Waals surface area contributed by atoms with Crippen molar-refractivity contribution in [2.75, 3.05) is 11.4 Å². The summed E-state index contributed by atoms with van der Waals surface area (Å²) in [6, 6.07) is 2.07. The molecule has 2 aromatic rings. The van der Waals surface area contributed by atoms with Crippen molar-refractivity contribution in [3.63, 3.8) is 0 Å². The van der Waals surface area contributed by atoms with Gasteiger partial charge in [0.1, 0.15) is 16.4 Å². The molecule has 92 valence electrons. The van der Waals surface area contributed by atoms with Gasteiger partial charge in [-0.1, -0.05) is 11.6 Å². The van der Waals surface area contributed by atoms with Crippen LogP contribution < -0.4 is 4.90 Å². The number of rotatable bonds is 2. The van der Waals surface area contributed by atoms with Gasteiger partial charge in [0, 0.05) is 18.7 Å². The number of halogens is 1. The lowest BCUT2D eigenvalue weighted by atomic mass is 10.1. The van der Waals surface area contributed by atoms with Crippen molar-refractivity contribution in [3.05, 3.63) is 23.1 Å². The van der Waals surface area contributed by atoms with Crippen molar-refractivity contribution in [1.29, 1.82) is 0 Å². The van der Waals surface area contributed by atoms with E-state index in [1.807, 2.05) is 0 Å². The summed E-state index contributed by atoms with van der Waals surface area (Å²) in [5.41, 5.74) is 1.60. The first-order valence-corrected chi connectivity index (χ1v) is 6.12. The lowest BCUT2D eigenvalue weighted by Crippen LogP contribution is -2.46. The van der Waals surface area contributed by atoms with Gasteiger partial charge in [-0.15, -0.1) is 0 Å². The molecule has 1 saturated heterocycles. The lowest BCUT2D eigenvalue weighted by molar-refractivity contribution is 0.111. The van der Waals surface area contributed by atoms with E-state index in [0.717, 1.165) is 18.8 Å². The molecule has 1 aliphatic rings. The van der Waals surface area contributed by atoms with Gasteiger partial charge >= 0.3 is 0 Å². The monoisotopic (exact) mass is 262 g/mol. The van der Waals surface area contributed by atoms with Crippen LogP contribution in [0.15, 0.2) is 12.3 Å². The number of anilines is 1. The lowest BCUT2D eigenvalue weighted by Gasteiger charge is -2.39. The number of fused-ring (bicyclic) bond motifs is 1. The predicted molar refractivity (Wildman–Crippen MR) is 69.2 cm³/mol. The Labute approximate surface area is 109 Å². The van der Waals surface area contributed by atoms with Gasteiger partial charge in [0.15, 0.2) is 12.1 Å². The smallest absolute Gasteiger partial charge is 0.170 e. The van der Waals surface area contributed by atoms with Crippen molar-refractivity contribution in [3.8, 4) is 0 Å². The summed E-state index contributed by atoms with van der Waals surface area (Å²) in [5, 5.41) is 0.369. The molecular weight excluding hydrogens is 252 g/mol. The molecule has 0 radical (unpaired) electrons. The van der Waals surface area contributed by atoms with Crippen LogP contribution in [0, 0.1) is 0 Å². The molecule has 0 N–H and O–H groups in total. The Morgan fingerprint density at radius 3 is 2.94 bits per heavy atom. The SMILES string of the molecule is C[C@H]1CCN1c1nc(Cl)cc2nc(C=O)cnc12. The molecule has 0 saturated carbocycles. The fourth-order valence-corrected chi connectivity index (χ4v) is 2.26. The highest BCUT2D eigenvalue weighted by Gasteiger charge is 2.27. The molecule has 18 heavy (non-hydrogen) atoms. The Hall–Kier alpha value is -1.75. The summed E-state index contributed by atoms with van der Waals surface area (Å²) in [5.74, 6) is 0.751. The van der Waals surface area contributed by atoms with E-state index in [-0.39, 0.29) is 0 Å². The third kappa shape index (κ3) is 1.71. The number of nitrogens with zero attached hydrogens (tertiary/aromatic N) is 4. The normalized spacial score (nSPS) is 18.8. The zero-order valence-corrected chi connectivity index (χ0v) is 10.6. The maximum absolute atomic E-state index is 10.7. The molecule has 2 aromatic heterocycles. The van der Waals surface area contributed by atoms with E-state index in [4.69, 9.17) is 11.6 Å². The van der Waals surface area contributed by atoms with Gasteiger partial charge in [-0.2, -0.15) is 0 Å². The third-order valence-corrected chi connectivity index (χ3v) is 3.40. The fourth-order valence-electron chi connectivity index (χ4n) is 2.08. The van der Waals surface area contributed by atoms with Gasteiger partial charge in [-0.05, 0) is 13.3 Å². The molecular formula is C12H11ClN4O. The molecule has 1 atom stereocenters. The highest BCUT2D eigenvalue weighted by molar-refractivity contribution is 6.30. The first-order chi connectivity index (χ1) is 8.69. The summed E-state index contributed by atoms with van der Waals surface area (Å²) < 4.78 is 0. The maximum Gasteiger partial charge on any atom is 0.170 e. The Morgan fingerprint density at radius 1 is 1.50 bits per heavy atom. The largest absolute Gasteiger partial charge is 0.352 e. The van der Waals surface area contributed by atoms with Crippen LogP contribution in [0.2, 0.25) is 5.15 Å². The van der Waals surface area contributed by atoms with Crippen LogP contribution in [0.4, 0.5) is 5.82 Å². The molecule has 3 rings (SSSR count). The Balaban J connectivity index is 2.21. The zero-order chi connectivity index (χ0) is 12.7. The van der Waals surface area contributed by atoms with E-state index in [1.165, 1.54) is 6.20 Å². The number of carbonyl (C=O) groups is 1. The van der Waals surface area contributed by atoms with Crippen LogP contribution in [-0.2, 0) is 0 Å². The number of aldehydes is 1. The van der Waals surface area contributed by atoms with Crippen LogP contribution in [-0.4, -0.2) is 33.8 Å². The Bertz CT molecular complexity index is 631. The molecule has 5 nitrogen and oxygen atoms in total. The Kier molecular flexibility index (Phi) is 2.63. The van der Waals surface area contributed by atoms with Crippen LogP contribution >= 0.6 is 11.6 Å². The van der Waals surface area contributed by atoms with Crippen molar-refractivity contribution in [1.82, 2.24) is 15.0 Å². The minimum Gasteiger partial charge on any atom is -0.352 e. The molecule has 0 amide bonds. The fraction of sp³-hybridized carbons (Fsp3) is 0.333. The quantitative estimate of drug-likeness (QED) is 0.613. The van der Waals surface area contributed by atoms with Gasteiger partial charge in [0.05, 0.1) is 11.7 Å². The molecule has 3 heterocycles. The summed E-state index contributed by atoms with van der Waals surface area (Å²) in [6.45, 7) is 3.08. The third-order valence-electron chi connectivity index (χ3n) is 3.21. The number of carbonyl (C=O) groups excluding carboxylic acids is 1. The van der Waals surface area contributed by atoms with Crippen molar-refractivity contribution in [2.45, 2.75) is 19.4 Å². The van der Waals surface area contributed by atoms with E-state index in [9.17, 15) is 4.79 Å². The number of aromatic nitrogens is 3. The average Bonchev–Trinajstić information content (AvgIpc) is 2.36. The second-order valence-corrected chi connectivity index (χ2v) is 4.77. The van der Waals surface area contributed by atoms with Gasteiger partial charge in [0.25, 0.3) is 0 Å². The summed E-state index contributed by atoms with van der Waals surface area (Å²) in [4.78, 5) is 25.7. The average molecular weight is 263 g/mol. The first-order valence-electron chi connectivity index (χ1n) is 5.74. The van der Waals surface area contributed by atoms with Crippen molar-refractivity contribution < 1.29 is 4.79 Å². The molecule has 1 aliphatic heterocycles. The molecule has 0 aromatic carbocycles. The summed E-state index contributed by atoms with van der Waals surface area (Å²) in [6.07, 6.45) is 3.26. The minimum atomic E-state index is 0.298. The van der Waals surface area contributed by atoms with Gasteiger partial charge in [0.2, 0.25) is 0 Å². The second kappa shape index (κ2) is 4.17. The predicted octanol–water partition coefficient (Wildman–Crippen LogP) is 2.09. The van der Waals surface area contributed by atoms with E-state index in [2.05, 4.69) is 26.8 Å². The maximum atomic E-state index is 10.7. The molecule has 0 aliphatic carbocycles. The summed E-state index contributed by atoms with van der Waals surface area (Å²) >= 11 is 6.00. The van der Waals surface area contributed by atoms with Crippen molar-refractivity contribution >= 4 is 34.7 Å². The van der Waals surface area contributed by atoms with Crippen LogP contribution in [0.3, 0.4) is 0 Å². The Morgan fingerprint density at radius 2 is 2.33 bits per heavy atom. The molecule has 1 fully saturated rings. The number of pyridine rings is 1. The molecule has 0 bridgehead atoms. The first kappa shape index (κ1) is 11.3. The van der Waals surface area contributed by atoms with E-state index < -0.39 is 0 Å². The minimum absolute atomic E-state index is 0.298. The molecule has 0 unspecified atom stereocenters. The topological polar surface area (TPSA) is 59.0 Å². The second-order valence-electron chi connectivity index (χ2n) is 4.38. The van der Waals surface area contributed by atoms with Crippen LogP contribution in [0.1, 0.15) is 23.8 Å². The van der Waals surface area contributed by atoms with E-state index >= 15 is 0 Å². The molecule has 6 heteroatoms. The van der Waals surface area contributed by atoms with Crippen molar-refractivity contribution in [2.24, 2.45) is 0 Å². The van der Waals surface area contributed by atoms with Gasteiger partial charge < -0.3 is 4.90 Å². The number of hydrogen-bond donors (Lipinski definition) is 0. The van der Waals surface area contributed by atoms with E-state index in [0.29, 0.717) is 34.2 Å². The number of hydrogen-bond acceptors (Lipinski definition) is 5. The van der Waals surface area contributed by atoms with Crippen LogP contribution in [0.5, 0.6) is 0 Å². The molecule has 0 spiro atoms. The standard InChI is InChI=1S/C12H11ClN4O/c1-7-2-3-17(7)12-11-9(4-10(13)16-12)15-8(6-18)5-14-11/h4-7H,2-3H2,1H3/t7-/m0/s1. The summed E-state index contributed by atoms with van der Waals surface area (Å²) in [7, 11) is 0. The zero-order valence-electron chi connectivity index (χ0n) is 9.80. The van der Waals surface area contributed by atoms with Crippen LogP contribution in [0.25, 0.3) is 11.0 Å². The van der Waals surface area contributed by atoms with Gasteiger partial charge in [-0.25, -0.2) is 15.0 Å². The van der Waals surface area contributed by atoms with E-state index in [1.54, 1.807) is 6.07 Å². The van der Waals surface area contributed by atoms with Gasteiger partial charge in [-0.3, -0.25) is 4.79 Å². The highest BCUT2D eigenvalue weighted by Crippen LogP contribution is 2.31. The highest BCUT2D eigenvalue weighted by atomic mass is 35.5.